The maximum Gasteiger partial charge on any atom is 0.166 e. The second-order valence-corrected chi connectivity index (χ2v) is 6.37. The van der Waals surface area contributed by atoms with Crippen LogP contribution in [0.25, 0.3) is 11.3 Å². The minimum Gasteiger partial charge on any atom is -0.490 e. The zero-order valence-electron chi connectivity index (χ0n) is 14.6. The molecule has 0 amide bonds. The molecule has 0 spiro atoms. The van der Waals surface area contributed by atoms with Gasteiger partial charge in [0.1, 0.15) is 19.0 Å². The summed E-state index contributed by atoms with van der Waals surface area (Å²) in [7, 11) is 0. The third-order valence-electron chi connectivity index (χ3n) is 4.36. The molecule has 3 aromatic rings. The van der Waals surface area contributed by atoms with Crippen molar-refractivity contribution in [3.63, 3.8) is 0 Å². The molecule has 1 aromatic heterocycles. The number of rotatable bonds is 7. The van der Waals surface area contributed by atoms with Gasteiger partial charge in [-0.15, -0.1) is 0 Å². The molecule has 1 saturated carbocycles. The van der Waals surface area contributed by atoms with Crippen LogP contribution in [-0.4, -0.2) is 23.0 Å². The molecule has 5 nitrogen and oxygen atoms in total. The molecule has 0 N–H and O–H groups in total. The summed E-state index contributed by atoms with van der Waals surface area (Å²) in [6.45, 7) is 0.484. The number of halogens is 1. The van der Waals surface area contributed by atoms with Gasteiger partial charge in [-0.2, -0.15) is 10.4 Å². The van der Waals surface area contributed by atoms with Crippen molar-refractivity contribution in [2.45, 2.75) is 18.9 Å². The largest absolute Gasteiger partial charge is 0.490 e. The fraction of sp³-hybridized carbons (Fsp3) is 0.238. The van der Waals surface area contributed by atoms with Crippen molar-refractivity contribution in [2.75, 3.05) is 13.2 Å². The molecule has 6 heteroatoms. The lowest BCUT2D eigenvalue weighted by molar-refractivity contribution is 0.211. The van der Waals surface area contributed by atoms with E-state index in [9.17, 15) is 4.39 Å². The Morgan fingerprint density at radius 2 is 1.96 bits per heavy atom. The highest BCUT2D eigenvalue weighted by atomic mass is 19.1. The van der Waals surface area contributed by atoms with E-state index in [-0.39, 0.29) is 24.5 Å². The van der Waals surface area contributed by atoms with Gasteiger partial charge in [-0.05, 0) is 49.2 Å². The quantitative estimate of drug-likeness (QED) is 0.586. The van der Waals surface area contributed by atoms with Crippen molar-refractivity contribution in [1.29, 1.82) is 5.26 Å². The zero-order chi connectivity index (χ0) is 18.6. The lowest BCUT2D eigenvalue weighted by Crippen LogP contribution is -2.10. The van der Waals surface area contributed by atoms with Gasteiger partial charge in [0.05, 0.1) is 23.4 Å². The first kappa shape index (κ1) is 17.1. The van der Waals surface area contributed by atoms with E-state index in [1.54, 1.807) is 0 Å². The van der Waals surface area contributed by atoms with Crippen LogP contribution < -0.4 is 9.47 Å². The average molecular weight is 363 g/mol. The first-order chi connectivity index (χ1) is 13.2. The van der Waals surface area contributed by atoms with E-state index in [2.05, 4.69) is 9.78 Å². The van der Waals surface area contributed by atoms with Crippen LogP contribution in [0.3, 0.4) is 0 Å². The highest BCUT2D eigenvalue weighted by Crippen LogP contribution is 2.38. The Morgan fingerprint density at radius 3 is 2.74 bits per heavy atom. The Morgan fingerprint density at radius 1 is 1.11 bits per heavy atom. The van der Waals surface area contributed by atoms with Crippen LogP contribution in [0, 0.1) is 17.1 Å². The molecular weight excluding hydrogens is 345 g/mol. The lowest BCUT2D eigenvalue weighted by Gasteiger charge is -2.11. The van der Waals surface area contributed by atoms with Crippen molar-refractivity contribution in [3.05, 3.63) is 66.1 Å². The molecule has 1 aliphatic carbocycles. The molecule has 1 fully saturated rings. The van der Waals surface area contributed by atoms with Crippen molar-refractivity contribution in [2.24, 2.45) is 0 Å². The van der Waals surface area contributed by atoms with Gasteiger partial charge in [-0.25, -0.2) is 4.39 Å². The highest BCUT2D eigenvalue weighted by molar-refractivity contribution is 5.61. The van der Waals surface area contributed by atoms with E-state index in [0.29, 0.717) is 6.04 Å². The van der Waals surface area contributed by atoms with Gasteiger partial charge in [-0.1, -0.05) is 12.1 Å². The molecule has 0 atom stereocenters. The summed E-state index contributed by atoms with van der Waals surface area (Å²) in [6.07, 6.45) is 4.17. The van der Waals surface area contributed by atoms with Crippen LogP contribution in [-0.2, 0) is 0 Å². The molecule has 0 bridgehead atoms. The predicted octanol–water partition coefficient (Wildman–Crippen LogP) is 4.35. The SMILES string of the molecule is N#Cc1ccc(OCCOc2cccc(-c3ccnn3C3CC3)c2)c(F)c1. The van der Waals surface area contributed by atoms with Gasteiger partial charge >= 0.3 is 0 Å². The Hall–Kier alpha value is -3.33. The van der Waals surface area contributed by atoms with E-state index in [4.69, 9.17) is 14.7 Å². The predicted molar refractivity (Wildman–Crippen MR) is 98.0 cm³/mol. The minimum atomic E-state index is -0.551. The Labute approximate surface area is 156 Å². The van der Waals surface area contributed by atoms with Crippen LogP contribution in [0.4, 0.5) is 4.39 Å². The molecule has 1 aliphatic rings. The molecule has 0 saturated heterocycles. The second-order valence-electron chi connectivity index (χ2n) is 6.37. The normalized spacial score (nSPS) is 13.2. The fourth-order valence-electron chi connectivity index (χ4n) is 2.90. The maximum atomic E-state index is 13.8. The van der Waals surface area contributed by atoms with E-state index in [1.807, 2.05) is 42.6 Å². The van der Waals surface area contributed by atoms with Crippen molar-refractivity contribution in [1.82, 2.24) is 9.78 Å². The topological polar surface area (TPSA) is 60.1 Å². The summed E-state index contributed by atoms with van der Waals surface area (Å²) in [5.74, 6) is 0.281. The molecule has 2 aromatic carbocycles. The van der Waals surface area contributed by atoms with Gasteiger partial charge in [0, 0.05) is 11.8 Å². The van der Waals surface area contributed by atoms with Gasteiger partial charge in [-0.3, -0.25) is 4.68 Å². The van der Waals surface area contributed by atoms with Crippen molar-refractivity contribution >= 4 is 0 Å². The number of aromatic nitrogens is 2. The van der Waals surface area contributed by atoms with E-state index in [0.717, 1.165) is 23.1 Å². The van der Waals surface area contributed by atoms with Crippen molar-refractivity contribution in [3.8, 4) is 28.8 Å². The molecule has 1 heterocycles. The Bertz CT molecular complexity index is 989. The van der Waals surface area contributed by atoms with E-state index in [1.165, 1.54) is 25.0 Å². The fourth-order valence-corrected chi connectivity index (χ4v) is 2.90. The van der Waals surface area contributed by atoms with Crippen LogP contribution in [0.5, 0.6) is 11.5 Å². The van der Waals surface area contributed by atoms with Gasteiger partial charge < -0.3 is 9.47 Å². The summed E-state index contributed by atoms with van der Waals surface area (Å²) in [5, 5.41) is 13.2. The standard InChI is InChI=1S/C21H18FN3O2/c22-19-12-15(14-23)4-7-21(19)27-11-10-26-18-3-1-2-16(13-18)20-8-9-24-25(20)17-5-6-17/h1-4,7-9,12-13,17H,5-6,10-11H2. The smallest absolute Gasteiger partial charge is 0.166 e. The van der Waals surface area contributed by atoms with E-state index >= 15 is 0 Å². The molecule has 136 valence electrons. The number of hydrogen-bond acceptors (Lipinski definition) is 4. The molecule has 0 unspecified atom stereocenters. The zero-order valence-corrected chi connectivity index (χ0v) is 14.6. The summed E-state index contributed by atoms with van der Waals surface area (Å²) in [5.41, 5.74) is 2.40. The van der Waals surface area contributed by atoms with Crippen LogP contribution in [0.1, 0.15) is 24.4 Å². The summed E-state index contributed by atoms with van der Waals surface area (Å²) >= 11 is 0. The summed E-state index contributed by atoms with van der Waals surface area (Å²) < 4.78 is 27.0. The second kappa shape index (κ2) is 7.50. The third-order valence-corrected chi connectivity index (χ3v) is 4.36. The average Bonchev–Trinajstić information content (AvgIpc) is 3.42. The molecule has 0 aliphatic heterocycles. The minimum absolute atomic E-state index is 0.111. The van der Waals surface area contributed by atoms with Crippen LogP contribution in [0.2, 0.25) is 0 Å². The van der Waals surface area contributed by atoms with Gasteiger partial charge in [0.25, 0.3) is 0 Å². The van der Waals surface area contributed by atoms with Gasteiger partial charge in [0.2, 0.25) is 0 Å². The number of benzene rings is 2. The molecule has 27 heavy (non-hydrogen) atoms. The number of hydrogen-bond donors (Lipinski definition) is 0. The summed E-state index contributed by atoms with van der Waals surface area (Å²) in [6, 6.07) is 16.4. The van der Waals surface area contributed by atoms with Crippen LogP contribution in [0.15, 0.2) is 54.7 Å². The first-order valence-electron chi connectivity index (χ1n) is 8.84. The number of ether oxygens (including phenoxy) is 2. The maximum absolute atomic E-state index is 13.8. The first-order valence-corrected chi connectivity index (χ1v) is 8.84. The van der Waals surface area contributed by atoms with Crippen molar-refractivity contribution < 1.29 is 13.9 Å². The molecular formula is C21H18FN3O2. The highest BCUT2D eigenvalue weighted by Gasteiger charge is 2.26. The van der Waals surface area contributed by atoms with E-state index < -0.39 is 5.82 Å². The lowest BCUT2D eigenvalue weighted by atomic mass is 10.1. The number of nitriles is 1. The monoisotopic (exact) mass is 363 g/mol. The Balaban J connectivity index is 1.35. The van der Waals surface area contributed by atoms with Gasteiger partial charge in [0.15, 0.2) is 11.6 Å². The Kier molecular flexibility index (Phi) is 4.75. The molecule has 4 rings (SSSR count). The summed E-state index contributed by atoms with van der Waals surface area (Å²) in [4.78, 5) is 0. The number of nitrogens with zero attached hydrogens (tertiary/aromatic N) is 3. The third kappa shape index (κ3) is 3.93. The van der Waals surface area contributed by atoms with Crippen LogP contribution >= 0.6 is 0 Å². The molecule has 0 radical (unpaired) electrons.